The summed E-state index contributed by atoms with van der Waals surface area (Å²) in [6, 6.07) is 6.00. The fourth-order valence-electron chi connectivity index (χ4n) is 4.52. The Morgan fingerprint density at radius 1 is 1.17 bits per heavy atom. The highest BCUT2D eigenvalue weighted by Gasteiger charge is 2.52. The number of nitrogens with one attached hydrogen (secondary N) is 1. The van der Waals surface area contributed by atoms with Gasteiger partial charge in [0.05, 0.1) is 5.60 Å². The standard InChI is InChI=1S/C19H29N3O2/c1-2-8-20-18(3-1)21-9-4-17-7-12-24-19(17)14-22(15-19)13-16-5-10-23-11-6-16/h1-3,8,16-17H,4-7,9-15H2,(H,20,21). The zero-order chi connectivity index (χ0) is 16.2. The average molecular weight is 331 g/mol. The minimum Gasteiger partial charge on any atom is -0.381 e. The van der Waals surface area contributed by atoms with Gasteiger partial charge in [-0.25, -0.2) is 4.98 Å². The second-order valence-electron chi connectivity index (χ2n) is 7.55. The van der Waals surface area contributed by atoms with Gasteiger partial charge >= 0.3 is 0 Å². The van der Waals surface area contributed by atoms with Crippen molar-refractivity contribution in [3.8, 4) is 0 Å². The first kappa shape index (κ1) is 16.3. The van der Waals surface area contributed by atoms with Crippen LogP contribution in [0.1, 0.15) is 25.7 Å². The quantitative estimate of drug-likeness (QED) is 0.867. The van der Waals surface area contributed by atoms with Crippen molar-refractivity contribution in [2.75, 3.05) is 51.3 Å². The van der Waals surface area contributed by atoms with Gasteiger partial charge in [0.1, 0.15) is 5.82 Å². The lowest BCUT2D eigenvalue weighted by Gasteiger charge is -2.51. The third-order valence-electron chi connectivity index (χ3n) is 5.90. The first-order valence-electron chi connectivity index (χ1n) is 9.43. The van der Waals surface area contributed by atoms with Gasteiger partial charge in [-0.15, -0.1) is 0 Å². The predicted octanol–water partition coefficient (Wildman–Crippen LogP) is 2.40. The van der Waals surface area contributed by atoms with Crippen molar-refractivity contribution in [1.29, 1.82) is 0 Å². The molecule has 3 aliphatic rings. The third-order valence-corrected chi connectivity index (χ3v) is 5.90. The molecular weight excluding hydrogens is 302 g/mol. The zero-order valence-electron chi connectivity index (χ0n) is 14.5. The number of aromatic nitrogens is 1. The number of pyridine rings is 1. The summed E-state index contributed by atoms with van der Waals surface area (Å²) in [6.07, 6.45) is 6.66. The summed E-state index contributed by atoms with van der Waals surface area (Å²) in [4.78, 5) is 6.93. The molecule has 0 saturated carbocycles. The smallest absolute Gasteiger partial charge is 0.125 e. The molecule has 1 N–H and O–H groups in total. The van der Waals surface area contributed by atoms with E-state index in [1.165, 1.54) is 32.2 Å². The van der Waals surface area contributed by atoms with E-state index in [1.807, 2.05) is 24.4 Å². The Morgan fingerprint density at radius 2 is 2.04 bits per heavy atom. The largest absolute Gasteiger partial charge is 0.381 e. The fraction of sp³-hybridized carbons (Fsp3) is 0.737. The van der Waals surface area contributed by atoms with Crippen LogP contribution in [0.3, 0.4) is 0 Å². The van der Waals surface area contributed by atoms with E-state index in [0.717, 1.165) is 51.2 Å². The first-order chi connectivity index (χ1) is 11.8. The van der Waals surface area contributed by atoms with Crippen molar-refractivity contribution in [3.63, 3.8) is 0 Å². The van der Waals surface area contributed by atoms with Crippen molar-refractivity contribution in [2.45, 2.75) is 31.3 Å². The van der Waals surface area contributed by atoms with Crippen LogP contribution in [-0.2, 0) is 9.47 Å². The van der Waals surface area contributed by atoms with Crippen LogP contribution in [0.5, 0.6) is 0 Å². The lowest BCUT2D eigenvalue weighted by Crippen LogP contribution is -2.65. The Labute approximate surface area is 144 Å². The number of nitrogens with zero attached hydrogens (tertiary/aromatic N) is 2. The molecule has 0 aliphatic carbocycles. The normalized spacial score (nSPS) is 27.2. The Balaban J connectivity index is 1.22. The molecule has 3 saturated heterocycles. The predicted molar refractivity (Wildman–Crippen MR) is 94.1 cm³/mol. The van der Waals surface area contributed by atoms with Crippen LogP contribution in [0.25, 0.3) is 0 Å². The number of likely N-dealkylation sites (tertiary alicyclic amines) is 1. The van der Waals surface area contributed by atoms with Gasteiger partial charge in [0.2, 0.25) is 0 Å². The molecule has 4 rings (SSSR count). The molecular formula is C19H29N3O2. The first-order valence-corrected chi connectivity index (χ1v) is 9.43. The summed E-state index contributed by atoms with van der Waals surface area (Å²) >= 11 is 0. The molecule has 0 bridgehead atoms. The highest BCUT2D eigenvalue weighted by molar-refractivity contribution is 5.32. The zero-order valence-corrected chi connectivity index (χ0v) is 14.5. The monoisotopic (exact) mass is 331 g/mol. The molecule has 5 heteroatoms. The molecule has 4 heterocycles. The molecule has 1 aromatic heterocycles. The molecule has 0 aromatic carbocycles. The average Bonchev–Trinajstić information content (AvgIpc) is 3.00. The molecule has 0 amide bonds. The maximum atomic E-state index is 6.20. The van der Waals surface area contributed by atoms with Gasteiger partial charge < -0.3 is 14.8 Å². The van der Waals surface area contributed by atoms with E-state index < -0.39 is 0 Å². The Kier molecular flexibility index (Phi) is 5.01. The molecule has 3 fully saturated rings. The Bertz CT molecular complexity index is 513. The van der Waals surface area contributed by atoms with Crippen molar-refractivity contribution < 1.29 is 9.47 Å². The van der Waals surface area contributed by atoms with E-state index in [9.17, 15) is 0 Å². The fourth-order valence-corrected chi connectivity index (χ4v) is 4.52. The molecule has 1 aromatic rings. The Morgan fingerprint density at radius 3 is 2.83 bits per heavy atom. The number of ether oxygens (including phenoxy) is 2. The summed E-state index contributed by atoms with van der Waals surface area (Å²) in [5, 5.41) is 3.44. The third kappa shape index (κ3) is 3.58. The number of hydrogen-bond acceptors (Lipinski definition) is 5. The van der Waals surface area contributed by atoms with Crippen LogP contribution in [0.15, 0.2) is 24.4 Å². The highest BCUT2D eigenvalue weighted by atomic mass is 16.5. The van der Waals surface area contributed by atoms with Crippen LogP contribution in [0, 0.1) is 11.8 Å². The van der Waals surface area contributed by atoms with E-state index in [0.29, 0.717) is 5.92 Å². The maximum Gasteiger partial charge on any atom is 0.125 e. The molecule has 3 aliphatic heterocycles. The van der Waals surface area contributed by atoms with Gasteiger partial charge in [-0.3, -0.25) is 4.90 Å². The number of rotatable bonds is 6. The molecule has 132 valence electrons. The van der Waals surface area contributed by atoms with Crippen LogP contribution in [-0.4, -0.2) is 61.5 Å². The summed E-state index contributed by atoms with van der Waals surface area (Å²) in [5.41, 5.74) is 0.136. The highest BCUT2D eigenvalue weighted by Crippen LogP contribution is 2.42. The molecule has 1 spiro atoms. The van der Waals surface area contributed by atoms with Crippen molar-refractivity contribution in [1.82, 2.24) is 9.88 Å². The van der Waals surface area contributed by atoms with Crippen LogP contribution < -0.4 is 5.32 Å². The van der Waals surface area contributed by atoms with Gasteiger partial charge in [-0.2, -0.15) is 0 Å². The topological polar surface area (TPSA) is 46.6 Å². The minimum absolute atomic E-state index is 0.136. The SMILES string of the molecule is c1ccc(NCCC2CCOC23CN(CC2CCOCC2)C3)nc1. The van der Waals surface area contributed by atoms with Gasteiger partial charge in [0.15, 0.2) is 0 Å². The van der Waals surface area contributed by atoms with Gasteiger partial charge in [0, 0.05) is 52.2 Å². The van der Waals surface area contributed by atoms with Crippen molar-refractivity contribution in [2.24, 2.45) is 11.8 Å². The molecule has 24 heavy (non-hydrogen) atoms. The van der Waals surface area contributed by atoms with E-state index >= 15 is 0 Å². The van der Waals surface area contributed by atoms with Crippen molar-refractivity contribution in [3.05, 3.63) is 24.4 Å². The van der Waals surface area contributed by atoms with Crippen molar-refractivity contribution >= 4 is 5.82 Å². The van der Waals surface area contributed by atoms with Crippen LogP contribution in [0.2, 0.25) is 0 Å². The van der Waals surface area contributed by atoms with E-state index in [1.54, 1.807) is 0 Å². The second-order valence-corrected chi connectivity index (χ2v) is 7.55. The van der Waals surface area contributed by atoms with Gasteiger partial charge in [0.25, 0.3) is 0 Å². The lowest BCUT2D eigenvalue weighted by molar-refractivity contribution is -0.139. The maximum absolute atomic E-state index is 6.20. The van der Waals surface area contributed by atoms with Gasteiger partial charge in [-0.05, 0) is 49.7 Å². The van der Waals surface area contributed by atoms with E-state index in [2.05, 4.69) is 15.2 Å². The lowest BCUT2D eigenvalue weighted by atomic mass is 9.78. The molecule has 5 nitrogen and oxygen atoms in total. The van der Waals surface area contributed by atoms with E-state index in [4.69, 9.17) is 9.47 Å². The summed E-state index contributed by atoms with van der Waals surface area (Å²) in [7, 11) is 0. The van der Waals surface area contributed by atoms with Gasteiger partial charge in [-0.1, -0.05) is 6.07 Å². The number of anilines is 1. The molecule has 1 unspecified atom stereocenters. The summed E-state index contributed by atoms with van der Waals surface area (Å²) in [6.45, 7) is 7.28. The minimum atomic E-state index is 0.136. The second kappa shape index (κ2) is 7.38. The summed E-state index contributed by atoms with van der Waals surface area (Å²) < 4.78 is 11.7. The van der Waals surface area contributed by atoms with Crippen LogP contribution in [0.4, 0.5) is 5.82 Å². The molecule has 1 atom stereocenters. The molecule has 0 radical (unpaired) electrons. The van der Waals surface area contributed by atoms with Crippen LogP contribution >= 0.6 is 0 Å². The van der Waals surface area contributed by atoms with E-state index in [-0.39, 0.29) is 5.60 Å². The summed E-state index contributed by atoms with van der Waals surface area (Å²) in [5.74, 6) is 2.47. The number of hydrogen-bond donors (Lipinski definition) is 1. The Hall–Kier alpha value is -1.17.